The van der Waals surface area contributed by atoms with Gasteiger partial charge in [0.15, 0.2) is 0 Å². The Kier molecular flexibility index (Phi) is 5.56. The van der Waals surface area contributed by atoms with E-state index in [1.807, 2.05) is 6.92 Å². The minimum atomic E-state index is -0.961. The van der Waals surface area contributed by atoms with Crippen LogP contribution < -0.4 is 0 Å². The molecule has 0 atom stereocenters. The van der Waals surface area contributed by atoms with Crippen molar-refractivity contribution in [2.45, 2.75) is 32.6 Å². The molecule has 0 radical (unpaired) electrons. The predicted octanol–water partition coefficient (Wildman–Crippen LogP) is 1.71. The molecular weight excluding hydrogens is 220 g/mol. The Balaban J connectivity index is 2.81. The van der Waals surface area contributed by atoms with Crippen LogP contribution in [0.15, 0.2) is 6.20 Å². The second-order valence-electron chi connectivity index (χ2n) is 3.80. The van der Waals surface area contributed by atoms with E-state index < -0.39 is 5.97 Å². The highest BCUT2D eigenvalue weighted by atomic mass is 16.5. The number of ether oxygens (including phenoxy) is 1. The van der Waals surface area contributed by atoms with E-state index in [1.165, 1.54) is 6.20 Å². The first-order chi connectivity index (χ1) is 8.19. The number of hydrogen-bond acceptors (Lipinski definition) is 4. The van der Waals surface area contributed by atoms with E-state index in [0.717, 1.165) is 12.8 Å². The van der Waals surface area contributed by atoms with Crippen molar-refractivity contribution < 1.29 is 14.6 Å². The van der Waals surface area contributed by atoms with E-state index in [0.29, 0.717) is 31.0 Å². The molecule has 1 N–H and O–H groups in total. The summed E-state index contributed by atoms with van der Waals surface area (Å²) in [4.78, 5) is 19.3. The fourth-order valence-corrected chi connectivity index (χ4v) is 1.56. The largest absolute Gasteiger partial charge is 0.478 e. The van der Waals surface area contributed by atoms with Gasteiger partial charge in [-0.1, -0.05) is 13.3 Å². The number of aryl methyl sites for hydroxylation is 2. The van der Waals surface area contributed by atoms with Gasteiger partial charge in [0, 0.05) is 26.3 Å². The second kappa shape index (κ2) is 6.96. The van der Waals surface area contributed by atoms with Crippen molar-refractivity contribution in [3.63, 3.8) is 0 Å². The number of carbonyl (C=O) groups is 1. The van der Waals surface area contributed by atoms with Gasteiger partial charge in [-0.2, -0.15) is 0 Å². The zero-order valence-electron chi connectivity index (χ0n) is 10.3. The quantitative estimate of drug-likeness (QED) is 0.732. The SMILES string of the molecule is CCCc1nc(CCCOC)ncc1C(=O)O. The van der Waals surface area contributed by atoms with Crippen LogP contribution in [0.1, 0.15) is 41.6 Å². The first-order valence-electron chi connectivity index (χ1n) is 5.76. The monoisotopic (exact) mass is 238 g/mol. The lowest BCUT2D eigenvalue weighted by Crippen LogP contribution is -2.09. The van der Waals surface area contributed by atoms with Gasteiger partial charge in [-0.3, -0.25) is 0 Å². The number of nitrogens with zero attached hydrogens (tertiary/aromatic N) is 2. The first-order valence-corrected chi connectivity index (χ1v) is 5.76. The predicted molar refractivity (Wildman–Crippen MR) is 63.2 cm³/mol. The van der Waals surface area contributed by atoms with Crippen LogP contribution in [0.2, 0.25) is 0 Å². The molecule has 0 saturated heterocycles. The van der Waals surface area contributed by atoms with Gasteiger partial charge in [0.05, 0.1) is 11.3 Å². The minimum Gasteiger partial charge on any atom is -0.478 e. The third-order valence-electron chi connectivity index (χ3n) is 2.38. The van der Waals surface area contributed by atoms with Crippen molar-refractivity contribution in [2.24, 2.45) is 0 Å². The standard InChI is InChI=1S/C12H18N2O3/c1-3-5-10-9(12(15)16)8-13-11(14-10)6-4-7-17-2/h8H,3-7H2,1-2H3,(H,15,16). The molecule has 94 valence electrons. The van der Waals surface area contributed by atoms with Crippen LogP contribution >= 0.6 is 0 Å². The zero-order chi connectivity index (χ0) is 12.7. The summed E-state index contributed by atoms with van der Waals surface area (Å²) < 4.78 is 4.95. The number of methoxy groups -OCH3 is 1. The summed E-state index contributed by atoms with van der Waals surface area (Å²) in [5.74, 6) is -0.271. The molecule has 0 amide bonds. The Bertz CT molecular complexity index is 380. The second-order valence-corrected chi connectivity index (χ2v) is 3.80. The Morgan fingerprint density at radius 3 is 2.82 bits per heavy atom. The van der Waals surface area contributed by atoms with Gasteiger partial charge >= 0.3 is 5.97 Å². The summed E-state index contributed by atoms with van der Waals surface area (Å²) in [5.41, 5.74) is 0.838. The molecule has 5 heteroatoms. The van der Waals surface area contributed by atoms with E-state index >= 15 is 0 Å². The van der Waals surface area contributed by atoms with Crippen molar-refractivity contribution in [2.75, 3.05) is 13.7 Å². The summed E-state index contributed by atoms with van der Waals surface area (Å²) in [7, 11) is 1.65. The van der Waals surface area contributed by atoms with Gasteiger partial charge in [-0.05, 0) is 12.8 Å². The molecule has 0 fully saturated rings. The maximum atomic E-state index is 11.0. The highest BCUT2D eigenvalue weighted by molar-refractivity contribution is 5.88. The number of rotatable bonds is 7. The fraction of sp³-hybridized carbons (Fsp3) is 0.583. The summed E-state index contributed by atoms with van der Waals surface area (Å²) >= 11 is 0. The molecule has 0 spiro atoms. The highest BCUT2D eigenvalue weighted by Crippen LogP contribution is 2.09. The van der Waals surface area contributed by atoms with Crippen molar-refractivity contribution in [1.82, 2.24) is 9.97 Å². The normalized spacial score (nSPS) is 10.5. The van der Waals surface area contributed by atoms with E-state index in [-0.39, 0.29) is 5.56 Å². The lowest BCUT2D eigenvalue weighted by molar-refractivity contribution is 0.0694. The lowest BCUT2D eigenvalue weighted by Gasteiger charge is -2.06. The lowest BCUT2D eigenvalue weighted by atomic mass is 10.1. The first kappa shape index (κ1) is 13.6. The molecule has 1 heterocycles. The maximum absolute atomic E-state index is 11.0. The minimum absolute atomic E-state index is 0.211. The molecule has 0 bridgehead atoms. The van der Waals surface area contributed by atoms with E-state index in [4.69, 9.17) is 9.84 Å². The topological polar surface area (TPSA) is 72.3 Å². The smallest absolute Gasteiger partial charge is 0.339 e. The van der Waals surface area contributed by atoms with Crippen LogP contribution in [0.3, 0.4) is 0 Å². The third kappa shape index (κ3) is 4.11. The molecule has 0 unspecified atom stereocenters. The molecule has 0 aromatic carbocycles. The average Bonchev–Trinajstić information content (AvgIpc) is 2.30. The van der Waals surface area contributed by atoms with Crippen LogP contribution in [-0.2, 0) is 17.6 Å². The molecule has 1 aromatic heterocycles. The van der Waals surface area contributed by atoms with Crippen molar-refractivity contribution in [3.8, 4) is 0 Å². The highest BCUT2D eigenvalue weighted by Gasteiger charge is 2.12. The van der Waals surface area contributed by atoms with Gasteiger partial charge in [0.25, 0.3) is 0 Å². The van der Waals surface area contributed by atoms with Crippen LogP contribution in [0, 0.1) is 0 Å². The molecular formula is C12H18N2O3. The van der Waals surface area contributed by atoms with E-state index in [1.54, 1.807) is 7.11 Å². The molecule has 1 rings (SSSR count). The molecule has 0 saturated carbocycles. The molecule has 5 nitrogen and oxygen atoms in total. The van der Waals surface area contributed by atoms with Gasteiger partial charge in [0.1, 0.15) is 5.82 Å². The summed E-state index contributed by atoms with van der Waals surface area (Å²) in [6, 6.07) is 0. The molecule has 1 aromatic rings. The fourth-order valence-electron chi connectivity index (χ4n) is 1.56. The van der Waals surface area contributed by atoms with Crippen LogP contribution in [0.5, 0.6) is 0 Å². The zero-order valence-corrected chi connectivity index (χ0v) is 10.3. The van der Waals surface area contributed by atoms with E-state index in [9.17, 15) is 4.79 Å². The Hall–Kier alpha value is -1.49. The summed E-state index contributed by atoms with van der Waals surface area (Å²) in [6.07, 6.45) is 4.50. The van der Waals surface area contributed by atoms with E-state index in [2.05, 4.69) is 9.97 Å². The van der Waals surface area contributed by atoms with Gasteiger partial charge < -0.3 is 9.84 Å². The van der Waals surface area contributed by atoms with Crippen molar-refractivity contribution in [1.29, 1.82) is 0 Å². The third-order valence-corrected chi connectivity index (χ3v) is 2.38. The van der Waals surface area contributed by atoms with Crippen LogP contribution in [0.4, 0.5) is 0 Å². The number of hydrogen-bond donors (Lipinski definition) is 1. The van der Waals surface area contributed by atoms with Gasteiger partial charge in [-0.15, -0.1) is 0 Å². The van der Waals surface area contributed by atoms with Crippen molar-refractivity contribution >= 4 is 5.97 Å². The summed E-state index contributed by atoms with van der Waals surface area (Å²) in [5, 5.41) is 9.00. The number of aromatic nitrogens is 2. The summed E-state index contributed by atoms with van der Waals surface area (Å²) in [6.45, 7) is 2.66. The maximum Gasteiger partial charge on any atom is 0.339 e. The Morgan fingerprint density at radius 1 is 1.47 bits per heavy atom. The number of carboxylic acid groups (broad SMARTS) is 1. The van der Waals surface area contributed by atoms with Gasteiger partial charge in [-0.25, -0.2) is 14.8 Å². The molecule has 0 aliphatic carbocycles. The molecule has 0 aliphatic rings. The Morgan fingerprint density at radius 2 is 2.24 bits per heavy atom. The van der Waals surface area contributed by atoms with Crippen LogP contribution in [-0.4, -0.2) is 34.8 Å². The molecule has 17 heavy (non-hydrogen) atoms. The molecule has 0 aliphatic heterocycles. The number of aromatic carboxylic acids is 1. The number of carboxylic acids is 1. The van der Waals surface area contributed by atoms with Crippen molar-refractivity contribution in [3.05, 3.63) is 23.3 Å². The Labute approximate surface area is 101 Å². The van der Waals surface area contributed by atoms with Gasteiger partial charge in [0.2, 0.25) is 0 Å². The average molecular weight is 238 g/mol. The van der Waals surface area contributed by atoms with Crippen LogP contribution in [0.25, 0.3) is 0 Å².